The van der Waals surface area contributed by atoms with Gasteiger partial charge in [0.05, 0.1) is 0 Å². The quantitative estimate of drug-likeness (QED) is 0.715. The van der Waals surface area contributed by atoms with E-state index in [1.165, 1.54) is 12.8 Å². The van der Waals surface area contributed by atoms with E-state index in [2.05, 4.69) is 53.7 Å². The Bertz CT molecular complexity index is 405. The molecule has 0 heterocycles. The van der Waals surface area contributed by atoms with Crippen molar-refractivity contribution >= 4 is 0 Å². The van der Waals surface area contributed by atoms with Gasteiger partial charge in [-0.2, -0.15) is 0 Å². The van der Waals surface area contributed by atoms with Crippen molar-refractivity contribution in [3.05, 3.63) is 29.3 Å². The van der Waals surface area contributed by atoms with E-state index in [1.54, 1.807) is 0 Å². The summed E-state index contributed by atoms with van der Waals surface area (Å²) in [6, 6.07) is 6.16. The summed E-state index contributed by atoms with van der Waals surface area (Å²) < 4.78 is 0. The number of aromatic hydroxyl groups is 1. The van der Waals surface area contributed by atoms with Gasteiger partial charge in [-0.1, -0.05) is 66.2 Å². The molecule has 0 spiro atoms. The smallest absolute Gasteiger partial charge is 0.122 e. The minimum Gasteiger partial charge on any atom is -0.507 e. The molecule has 1 N–H and O–H groups in total. The van der Waals surface area contributed by atoms with E-state index in [9.17, 15) is 5.11 Å². The van der Waals surface area contributed by atoms with Crippen LogP contribution in [0.15, 0.2) is 18.2 Å². The van der Waals surface area contributed by atoms with E-state index in [0.717, 1.165) is 24.0 Å². The third kappa shape index (κ3) is 5.26. The molecule has 1 nitrogen and oxygen atoms in total. The first-order valence-electron chi connectivity index (χ1n) is 7.42. The Morgan fingerprint density at radius 3 is 2.11 bits per heavy atom. The van der Waals surface area contributed by atoms with E-state index in [1.807, 2.05) is 6.07 Å². The number of unbranched alkanes of at least 4 members (excludes halogenated alkanes) is 1. The highest BCUT2D eigenvalue weighted by atomic mass is 16.3. The monoisotopic (exact) mass is 262 g/mol. The molecule has 0 aliphatic heterocycles. The number of benzene rings is 1. The molecule has 0 aliphatic carbocycles. The number of para-hydroxylation sites is 1. The second-order valence-corrected chi connectivity index (χ2v) is 7.83. The first-order chi connectivity index (χ1) is 8.61. The van der Waals surface area contributed by atoms with Crippen LogP contribution in [0.3, 0.4) is 0 Å². The maximum atomic E-state index is 10.4. The lowest BCUT2D eigenvalue weighted by Gasteiger charge is -2.22. The number of hydrogen-bond donors (Lipinski definition) is 1. The SMILES string of the molecule is CC(C)(C)CCCCc1cccc(C(C)(C)C)c1O. The summed E-state index contributed by atoms with van der Waals surface area (Å²) in [5, 5.41) is 10.4. The Morgan fingerprint density at radius 1 is 0.947 bits per heavy atom. The van der Waals surface area contributed by atoms with Crippen LogP contribution in [0.2, 0.25) is 0 Å². The van der Waals surface area contributed by atoms with Crippen LogP contribution < -0.4 is 0 Å². The minimum absolute atomic E-state index is 0.00546. The maximum Gasteiger partial charge on any atom is 0.122 e. The lowest BCUT2D eigenvalue weighted by Crippen LogP contribution is -2.12. The summed E-state index contributed by atoms with van der Waals surface area (Å²) in [4.78, 5) is 0. The predicted octanol–water partition coefficient (Wildman–Crippen LogP) is 5.45. The molecular formula is C18H30O. The van der Waals surface area contributed by atoms with E-state index >= 15 is 0 Å². The van der Waals surface area contributed by atoms with Gasteiger partial charge in [0.2, 0.25) is 0 Å². The zero-order valence-electron chi connectivity index (χ0n) is 13.5. The van der Waals surface area contributed by atoms with Crippen molar-refractivity contribution in [2.75, 3.05) is 0 Å². The summed E-state index contributed by atoms with van der Waals surface area (Å²) in [5.74, 6) is 0.505. The maximum absolute atomic E-state index is 10.4. The van der Waals surface area contributed by atoms with Gasteiger partial charge >= 0.3 is 0 Å². The van der Waals surface area contributed by atoms with Crippen LogP contribution in [0.1, 0.15) is 71.9 Å². The lowest BCUT2D eigenvalue weighted by atomic mass is 9.84. The van der Waals surface area contributed by atoms with Crippen molar-refractivity contribution in [2.45, 2.75) is 72.6 Å². The second kappa shape index (κ2) is 5.98. The Hall–Kier alpha value is -0.980. The largest absolute Gasteiger partial charge is 0.507 e. The zero-order valence-corrected chi connectivity index (χ0v) is 13.5. The Kier molecular flexibility index (Phi) is 5.06. The Morgan fingerprint density at radius 2 is 1.58 bits per heavy atom. The lowest BCUT2D eigenvalue weighted by molar-refractivity contribution is 0.359. The molecule has 0 amide bonds. The molecule has 0 saturated carbocycles. The molecule has 1 aromatic carbocycles. The fraction of sp³-hybridized carbons (Fsp3) is 0.667. The molecular weight excluding hydrogens is 232 g/mol. The molecule has 0 bridgehead atoms. The normalized spacial score (nSPS) is 12.7. The minimum atomic E-state index is 0.00546. The molecule has 1 aromatic rings. The molecule has 0 aromatic heterocycles. The van der Waals surface area contributed by atoms with Gasteiger partial charge < -0.3 is 5.11 Å². The van der Waals surface area contributed by atoms with E-state index in [4.69, 9.17) is 0 Å². The zero-order chi connectivity index (χ0) is 14.7. The van der Waals surface area contributed by atoms with Crippen LogP contribution in [0.4, 0.5) is 0 Å². The summed E-state index contributed by atoms with van der Waals surface area (Å²) >= 11 is 0. The van der Waals surface area contributed by atoms with Gasteiger partial charge in [0.1, 0.15) is 5.75 Å². The number of rotatable bonds is 4. The molecule has 108 valence electrons. The van der Waals surface area contributed by atoms with Gasteiger partial charge in [0, 0.05) is 0 Å². The summed E-state index contributed by atoms with van der Waals surface area (Å²) in [5.41, 5.74) is 2.57. The standard InChI is InChI=1S/C18H30O/c1-17(2,3)13-8-7-10-14-11-9-12-15(16(14)19)18(4,5)6/h9,11-12,19H,7-8,10,13H2,1-6H3. The van der Waals surface area contributed by atoms with Gasteiger partial charge in [-0.25, -0.2) is 0 Å². The van der Waals surface area contributed by atoms with Crippen LogP contribution in [0.5, 0.6) is 5.75 Å². The molecule has 1 rings (SSSR count). The predicted molar refractivity (Wildman–Crippen MR) is 83.8 cm³/mol. The average Bonchev–Trinajstić information content (AvgIpc) is 2.23. The number of hydrogen-bond acceptors (Lipinski definition) is 1. The van der Waals surface area contributed by atoms with Crippen LogP contribution in [0.25, 0.3) is 0 Å². The molecule has 0 aliphatic rings. The third-order valence-corrected chi connectivity index (χ3v) is 3.55. The summed E-state index contributed by atoms with van der Waals surface area (Å²) in [6.07, 6.45) is 4.60. The van der Waals surface area contributed by atoms with Crippen LogP contribution in [0, 0.1) is 5.41 Å². The van der Waals surface area contributed by atoms with E-state index < -0.39 is 0 Å². The van der Waals surface area contributed by atoms with Gasteiger partial charge in [-0.15, -0.1) is 0 Å². The average molecular weight is 262 g/mol. The molecule has 0 fully saturated rings. The highest BCUT2D eigenvalue weighted by Crippen LogP contribution is 2.34. The summed E-state index contributed by atoms with van der Waals surface area (Å²) in [6.45, 7) is 13.3. The second-order valence-electron chi connectivity index (χ2n) is 7.83. The third-order valence-electron chi connectivity index (χ3n) is 3.55. The molecule has 0 unspecified atom stereocenters. The van der Waals surface area contributed by atoms with Gasteiger partial charge in [-0.3, -0.25) is 0 Å². The first-order valence-corrected chi connectivity index (χ1v) is 7.42. The fourth-order valence-electron chi connectivity index (χ4n) is 2.37. The van der Waals surface area contributed by atoms with Crippen LogP contribution in [-0.4, -0.2) is 5.11 Å². The van der Waals surface area contributed by atoms with Gasteiger partial charge in [-0.05, 0) is 41.2 Å². The highest BCUT2D eigenvalue weighted by molar-refractivity contribution is 5.44. The number of phenolic OH excluding ortho intramolecular Hbond substituents is 1. The fourth-order valence-corrected chi connectivity index (χ4v) is 2.37. The van der Waals surface area contributed by atoms with Crippen molar-refractivity contribution in [1.29, 1.82) is 0 Å². The first kappa shape index (κ1) is 16.1. The number of aryl methyl sites for hydroxylation is 1. The molecule has 0 atom stereocenters. The number of phenols is 1. The molecule has 0 radical (unpaired) electrons. The van der Waals surface area contributed by atoms with Crippen molar-refractivity contribution < 1.29 is 5.11 Å². The van der Waals surface area contributed by atoms with Crippen molar-refractivity contribution in [1.82, 2.24) is 0 Å². The van der Waals surface area contributed by atoms with Gasteiger partial charge in [0.15, 0.2) is 0 Å². The summed E-state index contributed by atoms with van der Waals surface area (Å²) in [7, 11) is 0. The van der Waals surface area contributed by atoms with Gasteiger partial charge in [0.25, 0.3) is 0 Å². The van der Waals surface area contributed by atoms with E-state index in [0.29, 0.717) is 11.2 Å². The van der Waals surface area contributed by atoms with Crippen molar-refractivity contribution in [3.8, 4) is 5.75 Å². The van der Waals surface area contributed by atoms with Crippen molar-refractivity contribution in [2.24, 2.45) is 5.41 Å². The molecule has 19 heavy (non-hydrogen) atoms. The van der Waals surface area contributed by atoms with Crippen molar-refractivity contribution in [3.63, 3.8) is 0 Å². The van der Waals surface area contributed by atoms with Crippen LogP contribution >= 0.6 is 0 Å². The Labute approximate surface area is 119 Å². The molecule has 0 saturated heterocycles. The topological polar surface area (TPSA) is 20.2 Å². The molecule has 1 heteroatoms. The van der Waals surface area contributed by atoms with Crippen LogP contribution in [-0.2, 0) is 11.8 Å². The van der Waals surface area contributed by atoms with E-state index in [-0.39, 0.29) is 5.41 Å². The Balaban J connectivity index is 2.65. The highest BCUT2D eigenvalue weighted by Gasteiger charge is 2.19.